The van der Waals surface area contributed by atoms with Crippen molar-refractivity contribution < 1.29 is 4.74 Å². The smallest absolute Gasteiger partial charge is 0.0865 e. The van der Waals surface area contributed by atoms with Crippen LogP contribution >= 0.6 is 11.6 Å². The summed E-state index contributed by atoms with van der Waals surface area (Å²) in [6, 6.07) is 10.4. The molecule has 1 aromatic carbocycles. The molecule has 2 unspecified atom stereocenters. The molecule has 0 aliphatic carbocycles. The minimum Gasteiger partial charge on any atom is -0.373 e. The number of alkyl halides is 1. The van der Waals surface area contributed by atoms with Gasteiger partial charge in [0.05, 0.1) is 11.6 Å². The molecule has 2 heterocycles. The summed E-state index contributed by atoms with van der Waals surface area (Å²) >= 11 is 5.98. The number of ether oxygens (including phenoxy) is 1. The lowest BCUT2D eigenvalue weighted by Crippen LogP contribution is -2.08. The molecule has 2 atom stereocenters. The minimum atomic E-state index is 0.150. The summed E-state index contributed by atoms with van der Waals surface area (Å²) in [5.74, 6) is 1.10. The van der Waals surface area contributed by atoms with Crippen LogP contribution in [0, 0.1) is 5.92 Å². The number of hydrogen-bond donors (Lipinski definition) is 0. The van der Waals surface area contributed by atoms with E-state index in [0.29, 0.717) is 11.8 Å². The van der Waals surface area contributed by atoms with Crippen molar-refractivity contribution in [3.8, 4) is 0 Å². The van der Waals surface area contributed by atoms with Crippen LogP contribution in [-0.2, 0) is 4.74 Å². The fourth-order valence-electron chi connectivity index (χ4n) is 2.43. The Labute approximate surface area is 106 Å². The summed E-state index contributed by atoms with van der Waals surface area (Å²) in [6.07, 6.45) is 3.02. The first kappa shape index (κ1) is 11.0. The van der Waals surface area contributed by atoms with E-state index in [1.807, 2.05) is 12.3 Å². The molecular weight excluding hydrogens is 234 g/mol. The number of aromatic nitrogens is 1. The molecular formula is C14H14ClNO. The number of benzene rings is 1. The number of halogens is 1. The summed E-state index contributed by atoms with van der Waals surface area (Å²) in [4.78, 5) is 4.32. The zero-order valence-electron chi connectivity index (χ0n) is 9.47. The van der Waals surface area contributed by atoms with E-state index in [2.05, 4.69) is 29.2 Å². The van der Waals surface area contributed by atoms with E-state index in [1.54, 1.807) is 0 Å². The molecule has 0 amide bonds. The van der Waals surface area contributed by atoms with Gasteiger partial charge < -0.3 is 4.74 Å². The summed E-state index contributed by atoms with van der Waals surface area (Å²) in [5, 5.41) is 1.16. The van der Waals surface area contributed by atoms with Crippen molar-refractivity contribution in [1.82, 2.24) is 4.98 Å². The molecule has 0 spiro atoms. The Morgan fingerprint density at radius 3 is 3.18 bits per heavy atom. The highest BCUT2D eigenvalue weighted by Crippen LogP contribution is 2.36. The molecule has 2 aromatic rings. The number of pyridine rings is 1. The number of fused-ring (bicyclic) bond motifs is 1. The van der Waals surface area contributed by atoms with Gasteiger partial charge in [0, 0.05) is 30.0 Å². The minimum absolute atomic E-state index is 0.150. The lowest BCUT2D eigenvalue weighted by atomic mass is 9.96. The third-order valence-corrected chi connectivity index (χ3v) is 3.76. The molecule has 1 fully saturated rings. The van der Waals surface area contributed by atoms with E-state index in [9.17, 15) is 0 Å². The molecule has 0 saturated carbocycles. The molecule has 17 heavy (non-hydrogen) atoms. The quantitative estimate of drug-likeness (QED) is 0.758. The van der Waals surface area contributed by atoms with E-state index in [0.717, 1.165) is 23.9 Å². The fourth-order valence-corrected chi connectivity index (χ4v) is 2.75. The molecule has 1 aliphatic rings. The van der Waals surface area contributed by atoms with Gasteiger partial charge in [-0.25, -0.2) is 0 Å². The molecule has 1 aliphatic heterocycles. The van der Waals surface area contributed by atoms with Gasteiger partial charge in [0.15, 0.2) is 0 Å². The van der Waals surface area contributed by atoms with Crippen molar-refractivity contribution in [2.45, 2.75) is 12.5 Å². The van der Waals surface area contributed by atoms with Gasteiger partial charge in [0.2, 0.25) is 0 Å². The number of hydrogen-bond acceptors (Lipinski definition) is 2. The van der Waals surface area contributed by atoms with Crippen LogP contribution in [0.25, 0.3) is 10.9 Å². The molecule has 1 aromatic heterocycles. The second-order valence-electron chi connectivity index (χ2n) is 4.45. The van der Waals surface area contributed by atoms with Crippen LogP contribution in [-0.4, -0.2) is 17.5 Å². The second-order valence-corrected chi connectivity index (χ2v) is 4.76. The largest absolute Gasteiger partial charge is 0.373 e. The van der Waals surface area contributed by atoms with E-state index < -0.39 is 0 Å². The normalized spacial score (nSPS) is 24.3. The van der Waals surface area contributed by atoms with Crippen molar-refractivity contribution in [2.24, 2.45) is 5.92 Å². The Bertz CT molecular complexity index is 528. The fraction of sp³-hybridized carbons (Fsp3) is 0.357. The Morgan fingerprint density at radius 1 is 1.35 bits per heavy atom. The Kier molecular flexibility index (Phi) is 3.00. The van der Waals surface area contributed by atoms with Crippen LogP contribution in [0.5, 0.6) is 0 Å². The molecule has 2 nitrogen and oxygen atoms in total. The van der Waals surface area contributed by atoms with E-state index in [-0.39, 0.29) is 6.10 Å². The topological polar surface area (TPSA) is 22.1 Å². The maximum atomic E-state index is 5.98. The Hall–Kier alpha value is -1.12. The third-order valence-electron chi connectivity index (χ3n) is 3.37. The van der Waals surface area contributed by atoms with Gasteiger partial charge in [-0.3, -0.25) is 4.98 Å². The molecule has 88 valence electrons. The molecule has 0 bridgehead atoms. The van der Waals surface area contributed by atoms with Gasteiger partial charge in [-0.15, -0.1) is 11.6 Å². The zero-order valence-corrected chi connectivity index (χ0v) is 10.2. The predicted octanol–water partition coefficient (Wildman–Crippen LogP) is 3.55. The van der Waals surface area contributed by atoms with E-state index in [4.69, 9.17) is 16.3 Å². The predicted molar refractivity (Wildman–Crippen MR) is 69.3 cm³/mol. The van der Waals surface area contributed by atoms with E-state index in [1.165, 1.54) is 5.56 Å². The van der Waals surface area contributed by atoms with Crippen LogP contribution in [0.2, 0.25) is 0 Å². The number of rotatable bonds is 2. The van der Waals surface area contributed by atoms with Gasteiger partial charge >= 0.3 is 0 Å². The van der Waals surface area contributed by atoms with Crippen molar-refractivity contribution in [3.63, 3.8) is 0 Å². The van der Waals surface area contributed by atoms with Gasteiger partial charge in [-0.2, -0.15) is 0 Å². The first-order chi connectivity index (χ1) is 8.38. The standard InChI is InChI=1S/C14H14ClNO/c15-9-12-5-7-17-14(12)11-3-4-13-10(8-11)2-1-6-16-13/h1-4,6,8,12,14H,5,7,9H2. The SMILES string of the molecule is ClCC1CCOC1c1ccc2ncccc2c1. The molecule has 0 N–H and O–H groups in total. The van der Waals surface area contributed by atoms with Crippen LogP contribution < -0.4 is 0 Å². The van der Waals surface area contributed by atoms with Crippen molar-refractivity contribution in [1.29, 1.82) is 0 Å². The van der Waals surface area contributed by atoms with Crippen molar-refractivity contribution in [3.05, 3.63) is 42.1 Å². The van der Waals surface area contributed by atoms with Crippen LogP contribution in [0.4, 0.5) is 0 Å². The zero-order chi connectivity index (χ0) is 11.7. The van der Waals surface area contributed by atoms with Crippen molar-refractivity contribution >= 4 is 22.5 Å². The van der Waals surface area contributed by atoms with Crippen LogP contribution in [0.15, 0.2) is 36.5 Å². The average molecular weight is 248 g/mol. The highest BCUT2D eigenvalue weighted by molar-refractivity contribution is 6.18. The summed E-state index contributed by atoms with van der Waals surface area (Å²) in [7, 11) is 0. The Balaban J connectivity index is 2.00. The van der Waals surface area contributed by atoms with Crippen LogP contribution in [0.3, 0.4) is 0 Å². The monoisotopic (exact) mass is 247 g/mol. The Morgan fingerprint density at radius 2 is 2.29 bits per heavy atom. The number of nitrogens with zero attached hydrogens (tertiary/aromatic N) is 1. The second kappa shape index (κ2) is 4.63. The highest BCUT2D eigenvalue weighted by Gasteiger charge is 2.28. The molecule has 3 rings (SSSR count). The first-order valence-electron chi connectivity index (χ1n) is 5.91. The third kappa shape index (κ3) is 2.03. The van der Waals surface area contributed by atoms with Crippen molar-refractivity contribution in [2.75, 3.05) is 12.5 Å². The highest BCUT2D eigenvalue weighted by atomic mass is 35.5. The van der Waals surface area contributed by atoms with Gasteiger partial charge in [0.1, 0.15) is 0 Å². The summed E-state index contributed by atoms with van der Waals surface area (Å²) in [5.41, 5.74) is 2.24. The summed E-state index contributed by atoms with van der Waals surface area (Å²) in [6.45, 7) is 0.813. The van der Waals surface area contributed by atoms with Gasteiger partial charge in [-0.05, 0) is 30.2 Å². The summed E-state index contributed by atoms with van der Waals surface area (Å²) < 4.78 is 5.79. The van der Waals surface area contributed by atoms with Crippen LogP contribution in [0.1, 0.15) is 18.1 Å². The first-order valence-corrected chi connectivity index (χ1v) is 6.44. The average Bonchev–Trinajstić information content (AvgIpc) is 2.86. The van der Waals surface area contributed by atoms with Gasteiger partial charge in [-0.1, -0.05) is 12.1 Å². The molecule has 3 heteroatoms. The lowest BCUT2D eigenvalue weighted by molar-refractivity contribution is 0.0953. The lowest BCUT2D eigenvalue weighted by Gasteiger charge is -2.16. The molecule has 1 saturated heterocycles. The maximum absolute atomic E-state index is 5.98. The molecule has 0 radical (unpaired) electrons. The maximum Gasteiger partial charge on any atom is 0.0865 e. The van der Waals surface area contributed by atoms with E-state index >= 15 is 0 Å². The van der Waals surface area contributed by atoms with Gasteiger partial charge in [0.25, 0.3) is 0 Å².